The summed E-state index contributed by atoms with van der Waals surface area (Å²) >= 11 is 0. The fourth-order valence-corrected chi connectivity index (χ4v) is 3.10. The van der Waals surface area contributed by atoms with E-state index in [0.29, 0.717) is 24.7 Å². The van der Waals surface area contributed by atoms with Gasteiger partial charge < -0.3 is 14.8 Å². The molecule has 1 atom stereocenters. The van der Waals surface area contributed by atoms with E-state index in [2.05, 4.69) is 32.2 Å². The molecule has 1 N–H and O–H groups in total. The molecule has 0 bridgehead atoms. The number of benzene rings is 1. The first kappa shape index (κ1) is 13.7. The van der Waals surface area contributed by atoms with Gasteiger partial charge in [0.1, 0.15) is 13.2 Å². The molecule has 0 radical (unpaired) electrons. The van der Waals surface area contributed by atoms with Crippen LogP contribution in [-0.4, -0.2) is 19.3 Å². The van der Waals surface area contributed by atoms with Crippen LogP contribution in [0.25, 0.3) is 0 Å². The molecule has 0 amide bonds. The fourth-order valence-electron chi connectivity index (χ4n) is 3.10. The van der Waals surface area contributed by atoms with Crippen molar-refractivity contribution in [2.24, 2.45) is 11.3 Å². The van der Waals surface area contributed by atoms with Crippen molar-refractivity contribution in [1.82, 2.24) is 5.32 Å². The highest BCUT2D eigenvalue weighted by atomic mass is 16.6. The molecule has 1 aliphatic heterocycles. The molecule has 0 spiro atoms. The minimum Gasteiger partial charge on any atom is -0.486 e. The molecule has 0 aromatic heterocycles. The Bertz CT molecular complexity index is 474. The van der Waals surface area contributed by atoms with Crippen LogP contribution in [-0.2, 0) is 6.54 Å². The number of rotatable bonds is 4. The van der Waals surface area contributed by atoms with Gasteiger partial charge >= 0.3 is 0 Å². The zero-order valence-corrected chi connectivity index (χ0v) is 12.7. The summed E-state index contributed by atoms with van der Waals surface area (Å²) in [5.41, 5.74) is 1.50. The van der Waals surface area contributed by atoms with Crippen LogP contribution < -0.4 is 14.8 Å². The third-order valence-electron chi connectivity index (χ3n) is 4.19. The van der Waals surface area contributed by atoms with E-state index < -0.39 is 0 Å². The molecule has 3 nitrogen and oxygen atoms in total. The third kappa shape index (κ3) is 2.93. The van der Waals surface area contributed by atoms with Crippen LogP contribution in [0.5, 0.6) is 11.5 Å². The van der Waals surface area contributed by atoms with Gasteiger partial charge in [-0.2, -0.15) is 0 Å². The number of nitrogens with one attached hydrogen (secondary N) is 1. The van der Waals surface area contributed by atoms with Gasteiger partial charge in [0.05, 0.1) is 0 Å². The fraction of sp³-hybridized carbons (Fsp3) is 0.647. The second-order valence-electron chi connectivity index (χ2n) is 7.00. The van der Waals surface area contributed by atoms with E-state index >= 15 is 0 Å². The van der Waals surface area contributed by atoms with Gasteiger partial charge in [-0.25, -0.2) is 0 Å². The van der Waals surface area contributed by atoms with Crippen LogP contribution >= 0.6 is 0 Å². The Balaban J connectivity index is 1.71. The standard InChI is InChI=1S/C17H25NO2/c1-17(2,3)16(12-7-8-12)18-11-13-5-4-6-14-15(13)20-10-9-19-14/h4-6,12,16,18H,7-11H2,1-3H3. The van der Waals surface area contributed by atoms with Crippen molar-refractivity contribution in [3.63, 3.8) is 0 Å². The lowest BCUT2D eigenvalue weighted by Crippen LogP contribution is -2.41. The van der Waals surface area contributed by atoms with Gasteiger partial charge in [0.15, 0.2) is 11.5 Å². The Hall–Kier alpha value is -1.22. The highest BCUT2D eigenvalue weighted by Gasteiger charge is 2.38. The van der Waals surface area contributed by atoms with Gasteiger partial charge in [0, 0.05) is 18.2 Å². The predicted molar refractivity (Wildman–Crippen MR) is 80.2 cm³/mol. The summed E-state index contributed by atoms with van der Waals surface area (Å²) < 4.78 is 11.4. The van der Waals surface area contributed by atoms with Gasteiger partial charge in [-0.3, -0.25) is 0 Å². The van der Waals surface area contributed by atoms with Crippen molar-refractivity contribution >= 4 is 0 Å². The maximum absolute atomic E-state index is 5.78. The lowest BCUT2D eigenvalue weighted by Gasteiger charge is -2.32. The van der Waals surface area contributed by atoms with E-state index in [1.54, 1.807) is 0 Å². The van der Waals surface area contributed by atoms with Gasteiger partial charge in [0.25, 0.3) is 0 Å². The summed E-state index contributed by atoms with van der Waals surface area (Å²) in [5.74, 6) is 2.65. The maximum atomic E-state index is 5.78. The Morgan fingerprint density at radius 2 is 1.95 bits per heavy atom. The van der Waals surface area contributed by atoms with Crippen molar-refractivity contribution in [3.8, 4) is 11.5 Å². The third-order valence-corrected chi connectivity index (χ3v) is 4.19. The average molecular weight is 275 g/mol. The molecule has 1 heterocycles. The first-order valence-corrected chi connectivity index (χ1v) is 7.66. The molecule has 1 saturated carbocycles. The highest BCUT2D eigenvalue weighted by molar-refractivity contribution is 5.47. The quantitative estimate of drug-likeness (QED) is 0.914. The Kier molecular flexibility index (Phi) is 3.63. The lowest BCUT2D eigenvalue weighted by atomic mass is 9.83. The van der Waals surface area contributed by atoms with Crippen molar-refractivity contribution in [3.05, 3.63) is 23.8 Å². The van der Waals surface area contributed by atoms with Gasteiger partial charge in [0.2, 0.25) is 0 Å². The minimum atomic E-state index is 0.299. The zero-order chi connectivity index (χ0) is 14.2. The monoisotopic (exact) mass is 275 g/mol. The summed E-state index contributed by atoms with van der Waals surface area (Å²) in [7, 11) is 0. The Morgan fingerprint density at radius 3 is 2.65 bits per heavy atom. The summed E-state index contributed by atoms with van der Waals surface area (Å²) in [6.45, 7) is 9.12. The number of hydrogen-bond acceptors (Lipinski definition) is 3. The van der Waals surface area contributed by atoms with Crippen LogP contribution in [0.3, 0.4) is 0 Å². The topological polar surface area (TPSA) is 30.5 Å². The van der Waals surface area contributed by atoms with E-state index in [1.807, 2.05) is 12.1 Å². The second kappa shape index (κ2) is 5.28. The summed E-state index contributed by atoms with van der Waals surface area (Å²) in [4.78, 5) is 0. The molecule has 3 heteroatoms. The summed E-state index contributed by atoms with van der Waals surface area (Å²) in [6, 6.07) is 6.74. The molecule has 3 rings (SSSR count). The van der Waals surface area contributed by atoms with Crippen LogP contribution in [0, 0.1) is 11.3 Å². The van der Waals surface area contributed by atoms with E-state index in [0.717, 1.165) is 24.0 Å². The molecule has 1 unspecified atom stereocenters. The molecule has 1 aromatic carbocycles. The van der Waals surface area contributed by atoms with E-state index in [4.69, 9.17) is 9.47 Å². The Morgan fingerprint density at radius 1 is 1.20 bits per heavy atom. The van der Waals surface area contributed by atoms with Gasteiger partial charge in [-0.15, -0.1) is 0 Å². The van der Waals surface area contributed by atoms with Crippen LogP contribution in [0.1, 0.15) is 39.2 Å². The molecule has 1 aliphatic carbocycles. The summed E-state index contributed by atoms with van der Waals surface area (Å²) in [6.07, 6.45) is 2.73. The SMILES string of the molecule is CC(C)(C)C(NCc1cccc2c1OCCO2)C1CC1. The van der Waals surface area contributed by atoms with Gasteiger partial charge in [-0.05, 0) is 30.2 Å². The van der Waals surface area contributed by atoms with Crippen LogP contribution in [0.4, 0.5) is 0 Å². The summed E-state index contributed by atoms with van der Waals surface area (Å²) in [5, 5.41) is 3.75. The normalized spacial score (nSPS) is 19.8. The highest BCUT2D eigenvalue weighted by Crippen LogP contribution is 2.41. The van der Waals surface area contributed by atoms with Crippen molar-refractivity contribution in [1.29, 1.82) is 0 Å². The van der Waals surface area contributed by atoms with Gasteiger partial charge in [-0.1, -0.05) is 32.9 Å². The van der Waals surface area contributed by atoms with E-state index in [-0.39, 0.29) is 0 Å². The molecule has 110 valence electrons. The number of para-hydroxylation sites is 1. The molecule has 1 fully saturated rings. The van der Waals surface area contributed by atoms with Crippen LogP contribution in [0.15, 0.2) is 18.2 Å². The molecular formula is C17H25NO2. The zero-order valence-electron chi connectivity index (χ0n) is 12.7. The molecule has 2 aliphatic rings. The average Bonchev–Trinajstić information content (AvgIpc) is 3.22. The van der Waals surface area contributed by atoms with E-state index in [9.17, 15) is 0 Å². The van der Waals surface area contributed by atoms with Crippen LogP contribution in [0.2, 0.25) is 0 Å². The molecule has 20 heavy (non-hydrogen) atoms. The smallest absolute Gasteiger partial charge is 0.165 e. The lowest BCUT2D eigenvalue weighted by molar-refractivity contribution is 0.168. The first-order chi connectivity index (χ1) is 9.55. The second-order valence-corrected chi connectivity index (χ2v) is 7.00. The first-order valence-electron chi connectivity index (χ1n) is 7.66. The predicted octanol–water partition coefficient (Wildman–Crippen LogP) is 3.37. The number of hydrogen-bond donors (Lipinski definition) is 1. The molecule has 0 saturated heterocycles. The minimum absolute atomic E-state index is 0.299. The largest absolute Gasteiger partial charge is 0.486 e. The van der Waals surface area contributed by atoms with E-state index in [1.165, 1.54) is 18.4 Å². The Labute approximate surface area is 121 Å². The van der Waals surface area contributed by atoms with Crippen molar-refractivity contribution < 1.29 is 9.47 Å². The molecular weight excluding hydrogens is 250 g/mol. The molecule has 1 aromatic rings. The maximum Gasteiger partial charge on any atom is 0.165 e. The number of ether oxygens (including phenoxy) is 2. The number of fused-ring (bicyclic) bond motifs is 1. The van der Waals surface area contributed by atoms with Crippen molar-refractivity contribution in [2.45, 2.75) is 46.2 Å². The van der Waals surface area contributed by atoms with Crippen molar-refractivity contribution in [2.75, 3.05) is 13.2 Å².